The third-order valence-corrected chi connectivity index (χ3v) is 4.83. The highest BCUT2D eigenvalue weighted by Crippen LogP contribution is 2.20. The molecule has 1 N–H and O–H groups in total. The molecule has 20 heavy (non-hydrogen) atoms. The van der Waals surface area contributed by atoms with E-state index in [1.165, 1.54) is 23.1 Å². The molecule has 1 aliphatic heterocycles. The van der Waals surface area contributed by atoms with Gasteiger partial charge in [-0.25, -0.2) is 0 Å². The van der Waals surface area contributed by atoms with Gasteiger partial charge in [0.15, 0.2) is 0 Å². The first-order valence-corrected chi connectivity index (χ1v) is 8.01. The van der Waals surface area contributed by atoms with Crippen LogP contribution in [0.3, 0.4) is 0 Å². The molecule has 1 saturated heterocycles. The summed E-state index contributed by atoms with van der Waals surface area (Å²) in [6.45, 7) is 14.9. The zero-order chi connectivity index (χ0) is 14.7. The number of hydrogen-bond acceptors (Lipinski definition) is 2. The van der Waals surface area contributed by atoms with Crippen LogP contribution in [0, 0.1) is 19.8 Å². The third kappa shape index (κ3) is 3.62. The Morgan fingerprint density at radius 3 is 2.50 bits per heavy atom. The molecule has 1 aromatic carbocycles. The highest BCUT2D eigenvalue weighted by Gasteiger charge is 2.25. The molecule has 2 unspecified atom stereocenters. The van der Waals surface area contributed by atoms with E-state index in [0.29, 0.717) is 18.0 Å². The van der Waals surface area contributed by atoms with Gasteiger partial charge in [-0.1, -0.05) is 32.0 Å². The Balaban J connectivity index is 2.16. The second kappa shape index (κ2) is 6.73. The fourth-order valence-corrected chi connectivity index (χ4v) is 3.13. The smallest absolute Gasteiger partial charge is 0.0242 e. The van der Waals surface area contributed by atoms with Gasteiger partial charge < -0.3 is 5.32 Å². The maximum absolute atomic E-state index is 3.71. The van der Waals surface area contributed by atoms with E-state index in [2.05, 4.69) is 63.0 Å². The van der Waals surface area contributed by atoms with Crippen LogP contribution < -0.4 is 5.32 Å². The number of nitrogens with zero attached hydrogens (tertiary/aromatic N) is 1. The Morgan fingerprint density at radius 2 is 1.90 bits per heavy atom. The van der Waals surface area contributed by atoms with Crippen molar-refractivity contribution in [2.45, 2.75) is 59.7 Å². The van der Waals surface area contributed by atoms with Crippen LogP contribution in [0.25, 0.3) is 0 Å². The summed E-state index contributed by atoms with van der Waals surface area (Å²) in [6, 6.07) is 7.92. The van der Waals surface area contributed by atoms with Gasteiger partial charge in [-0.3, -0.25) is 4.90 Å². The summed E-state index contributed by atoms with van der Waals surface area (Å²) in [5.41, 5.74) is 4.37. The third-order valence-electron chi connectivity index (χ3n) is 4.83. The van der Waals surface area contributed by atoms with E-state index in [4.69, 9.17) is 0 Å². The largest absolute Gasteiger partial charge is 0.312 e. The van der Waals surface area contributed by atoms with E-state index in [0.717, 1.165) is 19.6 Å². The van der Waals surface area contributed by atoms with Crippen LogP contribution in [0.15, 0.2) is 18.2 Å². The molecule has 0 aliphatic carbocycles. The summed E-state index contributed by atoms with van der Waals surface area (Å²) in [5.74, 6) is 0.695. The Kier molecular flexibility index (Phi) is 5.22. The van der Waals surface area contributed by atoms with Crippen molar-refractivity contribution < 1.29 is 0 Å². The normalized spacial score (nSPS) is 24.9. The number of rotatable bonds is 3. The monoisotopic (exact) mass is 274 g/mol. The number of benzene rings is 1. The van der Waals surface area contributed by atoms with Crippen LogP contribution in [0.5, 0.6) is 0 Å². The first-order chi connectivity index (χ1) is 9.49. The van der Waals surface area contributed by atoms with Gasteiger partial charge in [-0.2, -0.15) is 0 Å². The van der Waals surface area contributed by atoms with Crippen molar-refractivity contribution in [1.29, 1.82) is 0 Å². The molecule has 2 rings (SSSR count). The van der Waals surface area contributed by atoms with Crippen molar-refractivity contribution >= 4 is 0 Å². The van der Waals surface area contributed by atoms with Gasteiger partial charge in [-0.05, 0) is 56.3 Å². The van der Waals surface area contributed by atoms with Crippen molar-refractivity contribution in [2.24, 2.45) is 5.92 Å². The molecule has 0 radical (unpaired) electrons. The van der Waals surface area contributed by atoms with Crippen LogP contribution in [-0.2, 0) is 6.54 Å². The second-order valence-corrected chi connectivity index (χ2v) is 6.74. The van der Waals surface area contributed by atoms with E-state index in [1.54, 1.807) is 0 Å². The Bertz CT molecular complexity index is 419. The molecule has 2 nitrogen and oxygen atoms in total. The molecule has 2 atom stereocenters. The molecule has 1 aromatic rings. The predicted octanol–water partition coefficient (Wildman–Crippen LogP) is 3.51. The van der Waals surface area contributed by atoms with E-state index in [-0.39, 0.29) is 0 Å². The highest BCUT2D eigenvalue weighted by atomic mass is 15.2. The maximum Gasteiger partial charge on any atom is 0.0242 e. The molecule has 0 saturated carbocycles. The fourth-order valence-electron chi connectivity index (χ4n) is 3.13. The molecule has 1 fully saturated rings. The quantitative estimate of drug-likeness (QED) is 0.907. The van der Waals surface area contributed by atoms with E-state index >= 15 is 0 Å². The van der Waals surface area contributed by atoms with Gasteiger partial charge >= 0.3 is 0 Å². The fraction of sp³-hybridized carbons (Fsp3) is 0.667. The molecule has 0 aromatic heterocycles. The lowest BCUT2D eigenvalue weighted by atomic mass is 10.00. The minimum absolute atomic E-state index is 0.615. The molecular weight excluding hydrogens is 244 g/mol. The van der Waals surface area contributed by atoms with Crippen LogP contribution in [0.4, 0.5) is 0 Å². The van der Waals surface area contributed by atoms with Gasteiger partial charge in [-0.15, -0.1) is 0 Å². The first-order valence-electron chi connectivity index (χ1n) is 8.01. The lowest BCUT2D eigenvalue weighted by Crippen LogP contribution is -2.42. The Labute approximate surface area is 124 Å². The number of aryl methyl sites for hydroxylation is 2. The van der Waals surface area contributed by atoms with Crippen molar-refractivity contribution in [3.63, 3.8) is 0 Å². The van der Waals surface area contributed by atoms with E-state index < -0.39 is 0 Å². The molecule has 0 spiro atoms. The summed E-state index contributed by atoms with van der Waals surface area (Å²) in [4.78, 5) is 2.67. The zero-order valence-electron chi connectivity index (χ0n) is 13.7. The molecule has 0 amide bonds. The predicted molar refractivity (Wildman–Crippen MR) is 87.0 cm³/mol. The van der Waals surface area contributed by atoms with Gasteiger partial charge in [0.25, 0.3) is 0 Å². The first kappa shape index (κ1) is 15.5. The molecule has 1 heterocycles. The topological polar surface area (TPSA) is 15.3 Å². The molecule has 112 valence electrons. The van der Waals surface area contributed by atoms with Crippen molar-refractivity contribution in [2.75, 3.05) is 13.1 Å². The van der Waals surface area contributed by atoms with Crippen LogP contribution >= 0.6 is 0 Å². The van der Waals surface area contributed by atoms with E-state index in [1.807, 2.05) is 0 Å². The van der Waals surface area contributed by atoms with Crippen molar-refractivity contribution in [1.82, 2.24) is 10.2 Å². The zero-order valence-corrected chi connectivity index (χ0v) is 13.7. The van der Waals surface area contributed by atoms with Crippen molar-refractivity contribution in [3.05, 3.63) is 34.9 Å². The average Bonchev–Trinajstić information content (AvgIpc) is 2.56. The SMILES string of the molecule is Cc1cccc(C)c1CN1CC(C(C)C)NCCC1C. The van der Waals surface area contributed by atoms with E-state index in [9.17, 15) is 0 Å². The summed E-state index contributed by atoms with van der Waals surface area (Å²) in [5, 5.41) is 3.71. The lowest BCUT2D eigenvalue weighted by Gasteiger charge is -2.31. The molecule has 2 heteroatoms. The van der Waals surface area contributed by atoms with Crippen LogP contribution in [0.1, 0.15) is 43.9 Å². The molecule has 0 bridgehead atoms. The maximum atomic E-state index is 3.71. The van der Waals surface area contributed by atoms with Gasteiger partial charge in [0, 0.05) is 25.2 Å². The number of nitrogens with one attached hydrogen (secondary N) is 1. The Morgan fingerprint density at radius 1 is 1.25 bits per heavy atom. The molecule has 1 aliphatic rings. The second-order valence-electron chi connectivity index (χ2n) is 6.74. The van der Waals surface area contributed by atoms with Gasteiger partial charge in [0.1, 0.15) is 0 Å². The highest BCUT2D eigenvalue weighted by molar-refractivity contribution is 5.33. The van der Waals surface area contributed by atoms with Crippen LogP contribution in [-0.4, -0.2) is 30.1 Å². The minimum atomic E-state index is 0.615. The minimum Gasteiger partial charge on any atom is -0.312 e. The molecular formula is C18H30N2. The average molecular weight is 274 g/mol. The number of hydrogen-bond donors (Lipinski definition) is 1. The lowest BCUT2D eigenvalue weighted by molar-refractivity contribution is 0.183. The van der Waals surface area contributed by atoms with Crippen molar-refractivity contribution in [3.8, 4) is 0 Å². The summed E-state index contributed by atoms with van der Waals surface area (Å²) in [7, 11) is 0. The Hall–Kier alpha value is -0.860. The summed E-state index contributed by atoms with van der Waals surface area (Å²) < 4.78 is 0. The van der Waals surface area contributed by atoms with Gasteiger partial charge in [0.2, 0.25) is 0 Å². The standard InChI is InChI=1S/C18H30N2/c1-13(2)18-12-20(16(5)9-10-19-18)11-17-14(3)7-6-8-15(17)4/h6-8,13,16,18-19H,9-12H2,1-5H3. The summed E-state index contributed by atoms with van der Waals surface area (Å²) >= 11 is 0. The summed E-state index contributed by atoms with van der Waals surface area (Å²) in [6.07, 6.45) is 1.24. The van der Waals surface area contributed by atoms with Crippen LogP contribution in [0.2, 0.25) is 0 Å². The van der Waals surface area contributed by atoms with Gasteiger partial charge in [0.05, 0.1) is 0 Å².